The summed E-state index contributed by atoms with van der Waals surface area (Å²) in [6.45, 7) is 5.77. The van der Waals surface area contributed by atoms with Crippen molar-refractivity contribution in [3.63, 3.8) is 0 Å². The lowest BCUT2D eigenvalue weighted by molar-refractivity contribution is 0.0974. The first-order chi connectivity index (χ1) is 9.38. The van der Waals surface area contributed by atoms with E-state index in [0.717, 1.165) is 18.1 Å². The molecule has 0 saturated carbocycles. The molecule has 4 nitrogen and oxygen atoms in total. The van der Waals surface area contributed by atoms with Crippen LogP contribution >= 0.6 is 0 Å². The summed E-state index contributed by atoms with van der Waals surface area (Å²) in [5.41, 5.74) is 1.22. The second-order valence-electron chi connectivity index (χ2n) is 5.13. The van der Waals surface area contributed by atoms with E-state index in [9.17, 15) is 20.1 Å². The second-order valence-corrected chi connectivity index (χ2v) is 5.13. The van der Waals surface area contributed by atoms with E-state index >= 15 is 0 Å². The summed E-state index contributed by atoms with van der Waals surface area (Å²) in [7, 11) is 0. The Bertz CT molecular complexity index is 526. The zero-order chi connectivity index (χ0) is 15.3. The molecule has 0 atom stereocenters. The number of hydrogen-bond acceptors (Lipinski definition) is 4. The third kappa shape index (κ3) is 3.76. The first kappa shape index (κ1) is 16.1. The van der Waals surface area contributed by atoms with Crippen LogP contribution in [0.5, 0.6) is 17.2 Å². The van der Waals surface area contributed by atoms with Gasteiger partial charge in [-0.2, -0.15) is 0 Å². The SMILES string of the molecule is CCCCC(=O)c1c(O)cc(O)c(CC=C(C)C)c1O. The van der Waals surface area contributed by atoms with Crippen molar-refractivity contribution in [1.82, 2.24) is 0 Å². The summed E-state index contributed by atoms with van der Waals surface area (Å²) < 4.78 is 0. The summed E-state index contributed by atoms with van der Waals surface area (Å²) >= 11 is 0. The molecule has 0 aliphatic rings. The van der Waals surface area contributed by atoms with Crippen LogP contribution in [0.3, 0.4) is 0 Å². The van der Waals surface area contributed by atoms with Crippen molar-refractivity contribution < 1.29 is 20.1 Å². The van der Waals surface area contributed by atoms with Gasteiger partial charge in [-0.3, -0.25) is 4.79 Å². The molecule has 1 aromatic rings. The van der Waals surface area contributed by atoms with Crippen LogP contribution in [0.25, 0.3) is 0 Å². The number of benzene rings is 1. The van der Waals surface area contributed by atoms with E-state index < -0.39 is 0 Å². The number of ketones is 1. The third-order valence-electron chi connectivity index (χ3n) is 3.11. The average Bonchev–Trinajstić information content (AvgIpc) is 2.35. The van der Waals surface area contributed by atoms with E-state index in [0.29, 0.717) is 12.8 Å². The molecule has 0 spiro atoms. The second kappa shape index (κ2) is 6.98. The molecule has 0 aromatic heterocycles. The molecule has 0 heterocycles. The van der Waals surface area contributed by atoms with Crippen LogP contribution < -0.4 is 0 Å². The number of phenolic OH excluding ortho intramolecular Hbond substituents is 3. The third-order valence-corrected chi connectivity index (χ3v) is 3.11. The van der Waals surface area contributed by atoms with Gasteiger partial charge >= 0.3 is 0 Å². The van der Waals surface area contributed by atoms with Crippen molar-refractivity contribution in [2.45, 2.75) is 46.5 Å². The molecule has 0 aliphatic heterocycles. The van der Waals surface area contributed by atoms with E-state index in [1.807, 2.05) is 26.8 Å². The first-order valence-electron chi connectivity index (χ1n) is 6.81. The van der Waals surface area contributed by atoms with Gasteiger partial charge in [0.25, 0.3) is 0 Å². The summed E-state index contributed by atoms with van der Waals surface area (Å²) in [4.78, 5) is 12.0. The minimum Gasteiger partial charge on any atom is -0.507 e. The number of hydrogen-bond donors (Lipinski definition) is 3. The summed E-state index contributed by atoms with van der Waals surface area (Å²) in [6, 6.07) is 1.12. The van der Waals surface area contributed by atoms with Crippen LogP contribution in [0.2, 0.25) is 0 Å². The standard InChI is InChI=1S/C16H22O4/c1-4-5-6-12(17)15-14(19)9-13(18)11(16(15)20)8-7-10(2)3/h7,9,18-20H,4-6,8H2,1-3H3. The number of aromatic hydroxyl groups is 3. The zero-order valence-corrected chi connectivity index (χ0v) is 12.2. The molecule has 20 heavy (non-hydrogen) atoms. The van der Waals surface area contributed by atoms with Gasteiger partial charge in [-0.05, 0) is 26.7 Å². The topological polar surface area (TPSA) is 77.8 Å². The monoisotopic (exact) mass is 278 g/mol. The lowest BCUT2D eigenvalue weighted by atomic mass is 9.97. The molecule has 0 saturated heterocycles. The van der Waals surface area contributed by atoms with Crippen molar-refractivity contribution in [2.75, 3.05) is 0 Å². The molecule has 1 aromatic carbocycles. The largest absolute Gasteiger partial charge is 0.507 e. The molecule has 0 unspecified atom stereocenters. The van der Waals surface area contributed by atoms with Crippen molar-refractivity contribution in [3.8, 4) is 17.2 Å². The number of carbonyl (C=O) groups is 1. The highest BCUT2D eigenvalue weighted by Gasteiger charge is 2.21. The Balaban J connectivity index is 3.21. The van der Waals surface area contributed by atoms with Crippen LogP contribution in [-0.2, 0) is 6.42 Å². The van der Waals surface area contributed by atoms with Crippen LogP contribution in [0, 0.1) is 0 Å². The molecular formula is C16H22O4. The Kier molecular flexibility index (Phi) is 5.62. The smallest absolute Gasteiger partial charge is 0.170 e. The highest BCUT2D eigenvalue weighted by molar-refractivity contribution is 6.01. The molecule has 0 amide bonds. The number of carbonyl (C=O) groups excluding carboxylic acids is 1. The van der Waals surface area contributed by atoms with Crippen LogP contribution in [0.1, 0.15) is 56.0 Å². The maximum Gasteiger partial charge on any atom is 0.170 e. The van der Waals surface area contributed by atoms with E-state index in [4.69, 9.17) is 0 Å². The van der Waals surface area contributed by atoms with E-state index in [1.54, 1.807) is 0 Å². The minimum atomic E-state index is -0.373. The summed E-state index contributed by atoms with van der Waals surface area (Å²) in [6.07, 6.45) is 3.98. The van der Waals surface area contributed by atoms with Crippen molar-refractivity contribution >= 4 is 5.78 Å². The molecule has 0 radical (unpaired) electrons. The van der Waals surface area contributed by atoms with Gasteiger partial charge in [-0.1, -0.05) is 25.0 Å². The Labute approximate surface area is 119 Å². The van der Waals surface area contributed by atoms with E-state index in [-0.39, 0.29) is 40.6 Å². The Morgan fingerprint density at radius 3 is 2.40 bits per heavy atom. The van der Waals surface area contributed by atoms with Gasteiger partial charge in [-0.15, -0.1) is 0 Å². The van der Waals surface area contributed by atoms with Crippen molar-refractivity contribution in [2.24, 2.45) is 0 Å². The molecule has 0 aliphatic carbocycles. The van der Waals surface area contributed by atoms with Crippen molar-refractivity contribution in [3.05, 3.63) is 28.8 Å². The number of rotatable bonds is 6. The minimum absolute atomic E-state index is 0.0894. The fourth-order valence-electron chi connectivity index (χ4n) is 1.93. The first-order valence-corrected chi connectivity index (χ1v) is 6.81. The quantitative estimate of drug-likeness (QED) is 0.548. The predicted octanol–water partition coefficient (Wildman–Crippen LogP) is 3.69. The number of Topliss-reactive ketones (excluding diaryl/α,β-unsaturated/α-hetero) is 1. The Hall–Kier alpha value is -1.97. The van der Waals surface area contributed by atoms with Crippen molar-refractivity contribution in [1.29, 1.82) is 0 Å². The number of allylic oxidation sites excluding steroid dienone is 2. The highest BCUT2D eigenvalue weighted by atomic mass is 16.3. The van der Waals surface area contributed by atoms with E-state index in [1.165, 1.54) is 0 Å². The van der Waals surface area contributed by atoms with Gasteiger partial charge in [-0.25, -0.2) is 0 Å². The highest BCUT2D eigenvalue weighted by Crippen LogP contribution is 2.38. The fraction of sp³-hybridized carbons (Fsp3) is 0.438. The summed E-state index contributed by atoms with van der Waals surface area (Å²) in [5.74, 6) is -1.20. The normalized spacial score (nSPS) is 10.3. The molecule has 110 valence electrons. The maximum atomic E-state index is 12.0. The van der Waals surface area contributed by atoms with Crippen LogP contribution in [0.15, 0.2) is 17.7 Å². The van der Waals surface area contributed by atoms with Gasteiger partial charge in [0.05, 0.1) is 0 Å². The fourth-order valence-corrected chi connectivity index (χ4v) is 1.93. The van der Waals surface area contributed by atoms with Gasteiger partial charge in [0.2, 0.25) is 0 Å². The lowest BCUT2D eigenvalue weighted by Gasteiger charge is -2.12. The molecule has 0 bridgehead atoms. The molecule has 0 fully saturated rings. The molecule has 4 heteroatoms. The summed E-state index contributed by atoms with van der Waals surface area (Å²) in [5, 5.41) is 29.8. The molecule has 1 rings (SSSR count). The Morgan fingerprint density at radius 2 is 1.85 bits per heavy atom. The maximum absolute atomic E-state index is 12.0. The zero-order valence-electron chi connectivity index (χ0n) is 12.2. The van der Waals surface area contributed by atoms with E-state index in [2.05, 4.69) is 0 Å². The lowest BCUT2D eigenvalue weighted by Crippen LogP contribution is -2.02. The molecule has 3 N–H and O–H groups in total. The van der Waals surface area contributed by atoms with Crippen LogP contribution in [-0.4, -0.2) is 21.1 Å². The average molecular weight is 278 g/mol. The molecular weight excluding hydrogens is 256 g/mol. The van der Waals surface area contributed by atoms with Gasteiger partial charge < -0.3 is 15.3 Å². The number of unbranched alkanes of at least 4 members (excludes halogenated alkanes) is 1. The van der Waals surface area contributed by atoms with Gasteiger partial charge in [0, 0.05) is 18.1 Å². The van der Waals surface area contributed by atoms with Crippen LogP contribution in [0.4, 0.5) is 0 Å². The van der Waals surface area contributed by atoms with Gasteiger partial charge in [0.1, 0.15) is 22.8 Å². The Morgan fingerprint density at radius 1 is 1.20 bits per heavy atom. The number of phenols is 3. The predicted molar refractivity (Wildman–Crippen MR) is 78.4 cm³/mol. The van der Waals surface area contributed by atoms with Gasteiger partial charge in [0.15, 0.2) is 5.78 Å².